The minimum atomic E-state index is 0.491. The first-order valence-electron chi connectivity index (χ1n) is 5.48. The van der Waals surface area contributed by atoms with Crippen LogP contribution in [0.5, 0.6) is 0 Å². The Morgan fingerprint density at radius 1 is 1.42 bits per heavy atom. The highest BCUT2D eigenvalue weighted by atomic mass is 14.6. The summed E-state index contributed by atoms with van der Waals surface area (Å²) in [6, 6.07) is 0.491. The summed E-state index contributed by atoms with van der Waals surface area (Å²) in [6.45, 7) is 4.62. The van der Waals surface area contributed by atoms with Crippen LogP contribution >= 0.6 is 0 Å². The van der Waals surface area contributed by atoms with E-state index in [1.165, 1.54) is 44.9 Å². The number of rotatable bonds is 3. The van der Waals surface area contributed by atoms with Gasteiger partial charge in [-0.2, -0.15) is 0 Å². The van der Waals surface area contributed by atoms with Gasteiger partial charge in [-0.05, 0) is 31.1 Å². The topological polar surface area (TPSA) is 26.0 Å². The Labute approximate surface area is 76.7 Å². The molecule has 1 nitrogen and oxygen atoms in total. The van der Waals surface area contributed by atoms with Crippen LogP contribution in [0, 0.1) is 5.41 Å². The van der Waals surface area contributed by atoms with E-state index >= 15 is 0 Å². The summed E-state index contributed by atoms with van der Waals surface area (Å²) in [6.07, 6.45) is 9.34. The summed E-state index contributed by atoms with van der Waals surface area (Å²) < 4.78 is 0. The van der Waals surface area contributed by atoms with Gasteiger partial charge in [0.1, 0.15) is 0 Å². The zero-order valence-corrected chi connectivity index (χ0v) is 8.60. The van der Waals surface area contributed by atoms with Gasteiger partial charge in [0.05, 0.1) is 0 Å². The SMILES string of the molecule is CCCC1(CC)CCCC(N)C1. The largest absolute Gasteiger partial charge is 0.328 e. The van der Waals surface area contributed by atoms with Crippen molar-refractivity contribution in [3.8, 4) is 0 Å². The molecule has 1 saturated carbocycles. The summed E-state index contributed by atoms with van der Waals surface area (Å²) >= 11 is 0. The molecule has 1 fully saturated rings. The molecular formula is C11H23N. The lowest BCUT2D eigenvalue weighted by Gasteiger charge is -2.39. The van der Waals surface area contributed by atoms with Gasteiger partial charge in [-0.3, -0.25) is 0 Å². The Morgan fingerprint density at radius 2 is 2.17 bits per heavy atom. The van der Waals surface area contributed by atoms with Gasteiger partial charge in [0.25, 0.3) is 0 Å². The van der Waals surface area contributed by atoms with Crippen LogP contribution in [0.4, 0.5) is 0 Å². The molecule has 2 atom stereocenters. The summed E-state index contributed by atoms with van der Waals surface area (Å²) in [5.74, 6) is 0. The van der Waals surface area contributed by atoms with Gasteiger partial charge in [-0.15, -0.1) is 0 Å². The smallest absolute Gasteiger partial charge is 0.00441 e. The van der Waals surface area contributed by atoms with E-state index in [1.54, 1.807) is 0 Å². The zero-order valence-electron chi connectivity index (χ0n) is 8.60. The molecule has 12 heavy (non-hydrogen) atoms. The summed E-state index contributed by atoms with van der Waals surface area (Å²) in [4.78, 5) is 0. The summed E-state index contributed by atoms with van der Waals surface area (Å²) in [7, 11) is 0. The Kier molecular flexibility index (Phi) is 3.57. The molecule has 0 amide bonds. The molecule has 1 aliphatic carbocycles. The molecule has 1 heteroatoms. The minimum Gasteiger partial charge on any atom is -0.328 e. The van der Waals surface area contributed by atoms with Crippen molar-refractivity contribution in [1.29, 1.82) is 0 Å². The van der Waals surface area contributed by atoms with Crippen LogP contribution in [0.2, 0.25) is 0 Å². The second kappa shape index (κ2) is 4.27. The van der Waals surface area contributed by atoms with Crippen LogP contribution in [0.3, 0.4) is 0 Å². The molecule has 72 valence electrons. The standard InChI is InChI=1S/C11H23N/c1-3-7-11(4-2)8-5-6-10(12)9-11/h10H,3-9,12H2,1-2H3. The molecule has 0 radical (unpaired) electrons. The van der Waals surface area contributed by atoms with E-state index in [2.05, 4.69) is 13.8 Å². The fourth-order valence-corrected chi connectivity index (χ4v) is 2.75. The number of hydrogen-bond donors (Lipinski definition) is 1. The summed E-state index contributed by atoms with van der Waals surface area (Å²) in [5, 5.41) is 0. The van der Waals surface area contributed by atoms with Crippen molar-refractivity contribution < 1.29 is 0 Å². The number of hydrogen-bond acceptors (Lipinski definition) is 1. The zero-order chi connectivity index (χ0) is 9.03. The van der Waals surface area contributed by atoms with E-state index in [9.17, 15) is 0 Å². The quantitative estimate of drug-likeness (QED) is 0.690. The predicted molar refractivity (Wildman–Crippen MR) is 54.1 cm³/mol. The Morgan fingerprint density at radius 3 is 2.67 bits per heavy atom. The van der Waals surface area contributed by atoms with Crippen molar-refractivity contribution in [2.75, 3.05) is 0 Å². The van der Waals surface area contributed by atoms with Gasteiger partial charge in [-0.25, -0.2) is 0 Å². The minimum absolute atomic E-state index is 0.491. The molecular weight excluding hydrogens is 146 g/mol. The van der Waals surface area contributed by atoms with E-state index in [4.69, 9.17) is 5.73 Å². The van der Waals surface area contributed by atoms with Crippen molar-refractivity contribution in [1.82, 2.24) is 0 Å². The highest BCUT2D eigenvalue weighted by molar-refractivity contribution is 4.86. The van der Waals surface area contributed by atoms with Crippen molar-refractivity contribution in [2.45, 2.75) is 64.8 Å². The van der Waals surface area contributed by atoms with Crippen molar-refractivity contribution >= 4 is 0 Å². The maximum Gasteiger partial charge on any atom is 0.00441 e. The average Bonchev–Trinajstić information content (AvgIpc) is 2.05. The van der Waals surface area contributed by atoms with E-state index < -0.39 is 0 Å². The van der Waals surface area contributed by atoms with Crippen LogP contribution in [0.15, 0.2) is 0 Å². The van der Waals surface area contributed by atoms with Crippen LogP contribution in [-0.2, 0) is 0 Å². The van der Waals surface area contributed by atoms with Crippen LogP contribution in [-0.4, -0.2) is 6.04 Å². The molecule has 0 aromatic carbocycles. The molecule has 0 bridgehead atoms. The first kappa shape index (κ1) is 10.0. The van der Waals surface area contributed by atoms with Gasteiger partial charge in [0, 0.05) is 6.04 Å². The van der Waals surface area contributed by atoms with Gasteiger partial charge in [0.2, 0.25) is 0 Å². The molecule has 0 saturated heterocycles. The lowest BCUT2D eigenvalue weighted by atomic mass is 9.68. The molecule has 0 heterocycles. The van der Waals surface area contributed by atoms with Gasteiger partial charge >= 0.3 is 0 Å². The molecule has 0 spiro atoms. The molecule has 1 aliphatic rings. The fraction of sp³-hybridized carbons (Fsp3) is 1.00. The highest BCUT2D eigenvalue weighted by Crippen LogP contribution is 2.42. The maximum atomic E-state index is 6.02. The van der Waals surface area contributed by atoms with Crippen LogP contribution in [0.25, 0.3) is 0 Å². The number of nitrogens with two attached hydrogens (primary N) is 1. The summed E-state index contributed by atoms with van der Waals surface area (Å²) in [5.41, 5.74) is 6.63. The molecule has 1 rings (SSSR count). The first-order chi connectivity index (χ1) is 5.72. The van der Waals surface area contributed by atoms with Crippen LogP contribution in [0.1, 0.15) is 58.8 Å². The monoisotopic (exact) mass is 169 g/mol. The van der Waals surface area contributed by atoms with E-state index in [0.29, 0.717) is 11.5 Å². The molecule has 0 aromatic heterocycles. The van der Waals surface area contributed by atoms with Gasteiger partial charge in [-0.1, -0.05) is 33.1 Å². The van der Waals surface area contributed by atoms with Gasteiger partial charge in [0.15, 0.2) is 0 Å². The third-order valence-corrected chi connectivity index (χ3v) is 3.51. The fourth-order valence-electron chi connectivity index (χ4n) is 2.75. The normalized spacial score (nSPS) is 36.8. The van der Waals surface area contributed by atoms with Crippen molar-refractivity contribution in [3.63, 3.8) is 0 Å². The first-order valence-corrected chi connectivity index (χ1v) is 5.48. The Hall–Kier alpha value is -0.0400. The van der Waals surface area contributed by atoms with Crippen LogP contribution < -0.4 is 5.73 Å². The average molecular weight is 169 g/mol. The van der Waals surface area contributed by atoms with Gasteiger partial charge < -0.3 is 5.73 Å². The van der Waals surface area contributed by atoms with Crippen molar-refractivity contribution in [3.05, 3.63) is 0 Å². The van der Waals surface area contributed by atoms with E-state index in [0.717, 1.165) is 0 Å². The molecule has 0 aromatic rings. The predicted octanol–water partition coefficient (Wildman–Crippen LogP) is 3.08. The maximum absolute atomic E-state index is 6.02. The third kappa shape index (κ3) is 2.22. The second-order valence-electron chi connectivity index (χ2n) is 4.46. The van der Waals surface area contributed by atoms with Crippen molar-refractivity contribution in [2.24, 2.45) is 11.1 Å². The highest BCUT2D eigenvalue weighted by Gasteiger charge is 2.32. The lowest BCUT2D eigenvalue weighted by molar-refractivity contribution is 0.147. The lowest BCUT2D eigenvalue weighted by Crippen LogP contribution is -2.35. The third-order valence-electron chi connectivity index (χ3n) is 3.51. The second-order valence-corrected chi connectivity index (χ2v) is 4.46. The van der Waals surface area contributed by atoms with E-state index in [-0.39, 0.29) is 0 Å². The Balaban J connectivity index is 2.51. The van der Waals surface area contributed by atoms with E-state index in [1.807, 2.05) is 0 Å². The molecule has 2 N–H and O–H groups in total. The molecule has 2 unspecified atom stereocenters. The molecule has 0 aliphatic heterocycles. The Bertz CT molecular complexity index is 129.